The third kappa shape index (κ3) is 4.28. The first-order chi connectivity index (χ1) is 9.12. The normalized spacial score (nSPS) is 11.7. The number of unbranched alkanes of at least 4 members (excludes halogenated alkanes) is 1. The van der Waals surface area contributed by atoms with Crippen LogP contribution in [0.4, 0.5) is 0 Å². The minimum atomic E-state index is -0.712. The number of hydrogen-bond donors (Lipinski definition) is 1. The molecule has 19 heavy (non-hydrogen) atoms. The van der Waals surface area contributed by atoms with Gasteiger partial charge in [0.25, 0.3) is 5.91 Å². The van der Waals surface area contributed by atoms with Gasteiger partial charge in [-0.15, -0.1) is 0 Å². The molecule has 104 valence electrons. The van der Waals surface area contributed by atoms with Gasteiger partial charge in [-0.2, -0.15) is 0 Å². The van der Waals surface area contributed by atoms with Crippen LogP contribution in [-0.2, 0) is 4.79 Å². The number of benzene rings is 1. The van der Waals surface area contributed by atoms with Gasteiger partial charge in [0.1, 0.15) is 6.29 Å². The highest BCUT2D eigenvalue weighted by molar-refractivity contribution is 5.80. The summed E-state index contributed by atoms with van der Waals surface area (Å²) in [6.45, 7) is 2.02. The first kappa shape index (κ1) is 15.0. The monoisotopic (exact) mass is 265 g/mol. The Bertz CT molecular complexity index is 445. The molecule has 0 saturated carbocycles. The van der Waals surface area contributed by atoms with Gasteiger partial charge in [-0.1, -0.05) is 13.3 Å². The van der Waals surface area contributed by atoms with E-state index in [0.717, 1.165) is 12.8 Å². The van der Waals surface area contributed by atoms with Gasteiger partial charge >= 0.3 is 0 Å². The van der Waals surface area contributed by atoms with Gasteiger partial charge in [-0.3, -0.25) is 9.59 Å². The molecule has 0 radical (unpaired) electrons. The van der Waals surface area contributed by atoms with E-state index in [0.29, 0.717) is 29.8 Å². The first-order valence-corrected chi connectivity index (χ1v) is 6.21. The number of carbonyl (C=O) groups excluding carboxylic acids is 2. The second-order valence-electron chi connectivity index (χ2n) is 4.18. The van der Waals surface area contributed by atoms with Gasteiger partial charge in [0.2, 0.25) is 0 Å². The molecule has 0 spiro atoms. The SMILES string of the molecule is CCCCC(Oc1cc(C=O)ccc1OC)C(N)=O. The Hall–Kier alpha value is -2.04. The number of methoxy groups -OCH3 is 1. The van der Waals surface area contributed by atoms with E-state index in [1.54, 1.807) is 12.1 Å². The van der Waals surface area contributed by atoms with Crippen molar-refractivity contribution in [3.63, 3.8) is 0 Å². The molecule has 0 fully saturated rings. The molecule has 0 aromatic heterocycles. The number of aldehydes is 1. The molecule has 2 N–H and O–H groups in total. The average molecular weight is 265 g/mol. The minimum absolute atomic E-state index is 0.354. The summed E-state index contributed by atoms with van der Waals surface area (Å²) in [7, 11) is 1.49. The van der Waals surface area contributed by atoms with E-state index in [9.17, 15) is 9.59 Å². The molecule has 0 aliphatic heterocycles. The second-order valence-corrected chi connectivity index (χ2v) is 4.18. The standard InChI is InChI=1S/C14H19NO4/c1-3-4-5-12(14(15)17)19-13-8-10(9-16)6-7-11(13)18-2/h6-9,12H,3-5H2,1-2H3,(H2,15,17). The number of rotatable bonds is 8. The Balaban J connectivity index is 2.93. The lowest BCUT2D eigenvalue weighted by atomic mass is 10.1. The van der Waals surface area contributed by atoms with Crippen molar-refractivity contribution < 1.29 is 19.1 Å². The fourth-order valence-corrected chi connectivity index (χ4v) is 1.66. The molecule has 1 aromatic carbocycles. The highest BCUT2D eigenvalue weighted by atomic mass is 16.5. The molecule has 0 saturated heterocycles. The largest absolute Gasteiger partial charge is 0.493 e. The van der Waals surface area contributed by atoms with Gasteiger partial charge < -0.3 is 15.2 Å². The molecule has 1 unspecified atom stereocenters. The van der Waals surface area contributed by atoms with E-state index in [1.807, 2.05) is 6.92 Å². The van der Waals surface area contributed by atoms with Crippen LogP contribution in [0.2, 0.25) is 0 Å². The summed E-state index contributed by atoms with van der Waals surface area (Å²) in [4.78, 5) is 22.1. The van der Waals surface area contributed by atoms with Crippen molar-refractivity contribution in [1.82, 2.24) is 0 Å². The van der Waals surface area contributed by atoms with Gasteiger partial charge in [-0.05, 0) is 31.0 Å². The van der Waals surface area contributed by atoms with E-state index in [2.05, 4.69) is 0 Å². The molecule has 1 aromatic rings. The lowest BCUT2D eigenvalue weighted by Crippen LogP contribution is -2.33. The van der Waals surface area contributed by atoms with E-state index in [1.165, 1.54) is 13.2 Å². The van der Waals surface area contributed by atoms with E-state index >= 15 is 0 Å². The highest BCUT2D eigenvalue weighted by Crippen LogP contribution is 2.29. The Labute approximate surface area is 112 Å². The third-order valence-electron chi connectivity index (χ3n) is 2.73. The molecule has 0 heterocycles. The molecule has 1 rings (SSSR count). The van der Waals surface area contributed by atoms with Crippen molar-refractivity contribution in [1.29, 1.82) is 0 Å². The Morgan fingerprint density at radius 3 is 2.68 bits per heavy atom. The zero-order chi connectivity index (χ0) is 14.3. The number of nitrogens with two attached hydrogens (primary N) is 1. The van der Waals surface area contributed by atoms with Crippen LogP contribution in [0.5, 0.6) is 11.5 Å². The molecule has 0 bridgehead atoms. The van der Waals surface area contributed by atoms with Crippen molar-refractivity contribution >= 4 is 12.2 Å². The molecule has 0 aliphatic carbocycles. The fraction of sp³-hybridized carbons (Fsp3) is 0.429. The highest BCUT2D eigenvalue weighted by Gasteiger charge is 2.19. The van der Waals surface area contributed by atoms with Gasteiger partial charge in [0, 0.05) is 5.56 Å². The summed E-state index contributed by atoms with van der Waals surface area (Å²) in [5.74, 6) is 0.298. The summed E-state index contributed by atoms with van der Waals surface area (Å²) < 4.78 is 10.7. The van der Waals surface area contributed by atoms with Crippen LogP contribution in [0, 0.1) is 0 Å². The molecular weight excluding hydrogens is 246 g/mol. The summed E-state index contributed by atoms with van der Waals surface area (Å²) >= 11 is 0. The van der Waals surface area contributed by atoms with Crippen molar-refractivity contribution in [3.05, 3.63) is 23.8 Å². The quantitative estimate of drug-likeness (QED) is 0.728. The summed E-state index contributed by atoms with van der Waals surface area (Å²) in [5.41, 5.74) is 5.77. The predicted molar refractivity (Wildman–Crippen MR) is 71.5 cm³/mol. The van der Waals surface area contributed by atoms with Crippen molar-refractivity contribution in [3.8, 4) is 11.5 Å². The summed E-state index contributed by atoms with van der Waals surface area (Å²) in [6, 6.07) is 4.77. The maximum absolute atomic E-state index is 11.4. The van der Waals surface area contributed by atoms with E-state index in [4.69, 9.17) is 15.2 Å². The summed E-state index contributed by atoms with van der Waals surface area (Å²) in [6.07, 6.45) is 2.32. The number of primary amides is 1. The van der Waals surface area contributed by atoms with Crippen molar-refractivity contribution in [2.45, 2.75) is 32.3 Å². The number of amides is 1. The van der Waals surface area contributed by atoms with Gasteiger partial charge in [-0.25, -0.2) is 0 Å². The fourth-order valence-electron chi connectivity index (χ4n) is 1.66. The number of carbonyl (C=O) groups is 2. The summed E-state index contributed by atoms with van der Waals surface area (Å²) in [5, 5.41) is 0. The molecule has 1 amide bonds. The minimum Gasteiger partial charge on any atom is -0.493 e. The van der Waals surface area contributed by atoms with Crippen LogP contribution in [0.3, 0.4) is 0 Å². The second kappa shape index (κ2) is 7.41. The predicted octanol–water partition coefficient (Wildman–Crippen LogP) is 1.93. The number of hydrogen-bond acceptors (Lipinski definition) is 4. The molecular formula is C14H19NO4. The number of ether oxygens (including phenoxy) is 2. The van der Waals surface area contributed by atoms with E-state index < -0.39 is 12.0 Å². The molecule has 0 aliphatic rings. The Morgan fingerprint density at radius 1 is 1.42 bits per heavy atom. The van der Waals surface area contributed by atoms with Crippen LogP contribution in [0.25, 0.3) is 0 Å². The third-order valence-corrected chi connectivity index (χ3v) is 2.73. The smallest absolute Gasteiger partial charge is 0.258 e. The Morgan fingerprint density at radius 2 is 2.16 bits per heavy atom. The zero-order valence-corrected chi connectivity index (χ0v) is 11.2. The van der Waals surface area contributed by atoms with E-state index in [-0.39, 0.29) is 0 Å². The zero-order valence-electron chi connectivity index (χ0n) is 11.2. The first-order valence-electron chi connectivity index (χ1n) is 6.21. The van der Waals surface area contributed by atoms with Gasteiger partial charge in [0.05, 0.1) is 7.11 Å². The maximum Gasteiger partial charge on any atom is 0.258 e. The average Bonchev–Trinajstić information content (AvgIpc) is 2.42. The van der Waals surface area contributed by atoms with Gasteiger partial charge in [0.15, 0.2) is 17.6 Å². The van der Waals surface area contributed by atoms with Crippen LogP contribution in [-0.4, -0.2) is 25.4 Å². The van der Waals surface area contributed by atoms with Crippen molar-refractivity contribution in [2.75, 3.05) is 7.11 Å². The topological polar surface area (TPSA) is 78.6 Å². The van der Waals surface area contributed by atoms with Crippen molar-refractivity contribution in [2.24, 2.45) is 5.73 Å². The van der Waals surface area contributed by atoms with Crippen LogP contribution < -0.4 is 15.2 Å². The molecule has 1 atom stereocenters. The van der Waals surface area contributed by atoms with Crippen LogP contribution >= 0.6 is 0 Å². The van der Waals surface area contributed by atoms with Crippen LogP contribution in [0.15, 0.2) is 18.2 Å². The van der Waals surface area contributed by atoms with Crippen LogP contribution in [0.1, 0.15) is 36.5 Å². The lowest BCUT2D eigenvalue weighted by Gasteiger charge is -2.18. The molecule has 5 nitrogen and oxygen atoms in total. The lowest BCUT2D eigenvalue weighted by molar-refractivity contribution is -0.125. The Kier molecular flexibility index (Phi) is 5.85. The maximum atomic E-state index is 11.4. The molecule has 5 heteroatoms.